The molecule has 1 aromatic heterocycles. The Hall–Kier alpha value is -2.12. The number of amidine groups is 2. The normalized spacial score (nSPS) is 18.5. The van der Waals surface area contributed by atoms with E-state index in [-0.39, 0.29) is 11.4 Å². The first-order valence-corrected chi connectivity index (χ1v) is 8.00. The van der Waals surface area contributed by atoms with Gasteiger partial charge in [0.05, 0.1) is 11.3 Å². The summed E-state index contributed by atoms with van der Waals surface area (Å²) in [6.07, 6.45) is 1.54. The molecule has 0 saturated heterocycles. The molecular weight excluding hydrogens is 366 g/mol. The molecule has 4 rings (SSSR count). The number of carbonyl (C=O) groups is 1. The highest BCUT2D eigenvalue weighted by molar-refractivity contribution is 9.10. The first-order chi connectivity index (χ1) is 10.6. The molecule has 2 aliphatic rings. The molecule has 0 aliphatic carbocycles. The van der Waals surface area contributed by atoms with Crippen molar-refractivity contribution in [1.29, 1.82) is 5.41 Å². The number of hydrogen-bond acceptors (Lipinski definition) is 4. The zero-order chi connectivity index (χ0) is 15.3. The van der Waals surface area contributed by atoms with E-state index in [1.54, 1.807) is 23.1 Å². The monoisotopic (exact) mass is 373 g/mol. The van der Waals surface area contributed by atoms with Crippen molar-refractivity contribution in [3.63, 3.8) is 0 Å². The van der Waals surface area contributed by atoms with E-state index in [0.29, 0.717) is 15.6 Å². The molecule has 2 aliphatic heterocycles. The van der Waals surface area contributed by atoms with Crippen LogP contribution < -0.4 is 4.90 Å². The number of aliphatic imine (C=N–C) groups is 1. The van der Waals surface area contributed by atoms with Crippen molar-refractivity contribution in [2.24, 2.45) is 4.99 Å². The molecule has 0 unspecified atom stereocenters. The van der Waals surface area contributed by atoms with Crippen LogP contribution in [0.4, 0.5) is 5.69 Å². The number of carbonyl (C=O) groups excluding carboxylic acids is 1. The first-order valence-electron chi connectivity index (χ1n) is 6.39. The van der Waals surface area contributed by atoms with Crippen molar-refractivity contribution in [3.8, 4) is 0 Å². The van der Waals surface area contributed by atoms with Gasteiger partial charge in [0, 0.05) is 4.90 Å². The Morgan fingerprint density at radius 2 is 2.09 bits per heavy atom. The number of anilines is 1. The van der Waals surface area contributed by atoms with Gasteiger partial charge in [-0.3, -0.25) is 15.1 Å². The SMILES string of the molecule is N=C1C(=Cc2ccc(Br)o2)C(=O)N=C2Sc3ccccc3N12. The molecule has 1 N–H and O–H groups in total. The summed E-state index contributed by atoms with van der Waals surface area (Å²) in [5.41, 5.74) is 1.08. The molecule has 0 fully saturated rings. The van der Waals surface area contributed by atoms with Crippen LogP contribution in [-0.4, -0.2) is 16.9 Å². The molecular formula is C15H8BrN3O2S. The number of halogens is 1. The van der Waals surface area contributed by atoms with Crippen molar-refractivity contribution in [1.82, 2.24) is 0 Å². The Bertz CT molecular complexity index is 884. The molecule has 0 spiro atoms. The summed E-state index contributed by atoms with van der Waals surface area (Å²) in [6.45, 7) is 0. The average Bonchev–Trinajstić information content (AvgIpc) is 3.06. The summed E-state index contributed by atoms with van der Waals surface area (Å²) in [5, 5.41) is 8.90. The standard InChI is InChI=1S/C15H8BrN3O2S/c16-12-6-5-8(21-12)7-9-13(17)19-10-3-1-2-4-11(10)22-15(19)18-14(9)20/h1-7,17H. The minimum absolute atomic E-state index is 0.111. The van der Waals surface area contributed by atoms with Crippen molar-refractivity contribution >= 4 is 56.4 Å². The minimum Gasteiger partial charge on any atom is -0.450 e. The predicted molar refractivity (Wildman–Crippen MR) is 89.3 cm³/mol. The van der Waals surface area contributed by atoms with Crippen LogP contribution in [0, 0.1) is 5.41 Å². The molecule has 0 saturated carbocycles. The first kappa shape index (κ1) is 13.5. The van der Waals surface area contributed by atoms with Gasteiger partial charge in [-0.15, -0.1) is 0 Å². The molecule has 108 valence electrons. The molecule has 2 aromatic rings. The third-order valence-corrected chi connectivity index (χ3v) is 4.73. The van der Waals surface area contributed by atoms with Crippen LogP contribution in [0.3, 0.4) is 0 Å². The number of fused-ring (bicyclic) bond motifs is 3. The third-order valence-electron chi connectivity index (χ3n) is 3.29. The summed E-state index contributed by atoms with van der Waals surface area (Å²) >= 11 is 4.61. The van der Waals surface area contributed by atoms with Gasteiger partial charge < -0.3 is 4.42 Å². The number of nitrogens with zero attached hydrogens (tertiary/aromatic N) is 2. The molecule has 1 amide bonds. The largest absolute Gasteiger partial charge is 0.450 e. The van der Waals surface area contributed by atoms with Gasteiger partial charge in [-0.1, -0.05) is 12.1 Å². The van der Waals surface area contributed by atoms with Crippen LogP contribution in [0.15, 0.2) is 60.9 Å². The van der Waals surface area contributed by atoms with Gasteiger partial charge >= 0.3 is 0 Å². The maximum absolute atomic E-state index is 12.2. The fourth-order valence-electron chi connectivity index (χ4n) is 2.31. The Morgan fingerprint density at radius 3 is 2.86 bits per heavy atom. The smallest absolute Gasteiger partial charge is 0.283 e. The van der Waals surface area contributed by atoms with E-state index >= 15 is 0 Å². The molecule has 0 atom stereocenters. The van der Waals surface area contributed by atoms with Gasteiger partial charge in [0.1, 0.15) is 11.6 Å². The lowest BCUT2D eigenvalue weighted by Crippen LogP contribution is -2.39. The van der Waals surface area contributed by atoms with E-state index in [2.05, 4.69) is 20.9 Å². The number of amides is 1. The lowest BCUT2D eigenvalue weighted by atomic mass is 10.1. The topological polar surface area (TPSA) is 69.7 Å². The van der Waals surface area contributed by atoms with Gasteiger partial charge in [-0.25, -0.2) is 0 Å². The number of thioether (sulfide) groups is 1. The lowest BCUT2D eigenvalue weighted by Gasteiger charge is -2.24. The molecule has 7 heteroatoms. The van der Waals surface area contributed by atoms with E-state index in [9.17, 15) is 4.79 Å². The van der Waals surface area contributed by atoms with Crippen LogP contribution in [0.25, 0.3) is 6.08 Å². The third kappa shape index (κ3) is 2.05. The predicted octanol–water partition coefficient (Wildman–Crippen LogP) is 3.91. The van der Waals surface area contributed by atoms with Crippen molar-refractivity contribution in [2.75, 3.05) is 4.90 Å². The van der Waals surface area contributed by atoms with Crippen LogP contribution in [0.1, 0.15) is 5.76 Å². The zero-order valence-electron chi connectivity index (χ0n) is 11.0. The quantitative estimate of drug-likeness (QED) is 0.769. The van der Waals surface area contributed by atoms with E-state index in [1.807, 2.05) is 24.3 Å². The number of para-hydroxylation sites is 1. The molecule has 5 nitrogen and oxygen atoms in total. The van der Waals surface area contributed by atoms with Crippen LogP contribution in [0.5, 0.6) is 0 Å². The highest BCUT2D eigenvalue weighted by Gasteiger charge is 2.37. The molecule has 0 radical (unpaired) electrons. The Labute approximate surface area is 138 Å². The van der Waals surface area contributed by atoms with Crippen molar-refractivity contribution < 1.29 is 9.21 Å². The number of benzene rings is 1. The fraction of sp³-hybridized carbons (Fsp3) is 0. The maximum Gasteiger partial charge on any atom is 0.283 e. The van der Waals surface area contributed by atoms with Gasteiger partial charge in [0.2, 0.25) is 0 Å². The number of furan rings is 1. The summed E-state index contributed by atoms with van der Waals surface area (Å²) in [7, 11) is 0. The van der Waals surface area contributed by atoms with Gasteiger partial charge in [-0.2, -0.15) is 4.99 Å². The van der Waals surface area contributed by atoms with Gasteiger partial charge in [0.15, 0.2) is 9.84 Å². The molecule has 22 heavy (non-hydrogen) atoms. The molecule has 3 heterocycles. The number of nitrogens with one attached hydrogen (secondary N) is 1. The van der Waals surface area contributed by atoms with Crippen LogP contribution in [0.2, 0.25) is 0 Å². The second kappa shape index (κ2) is 4.96. The Kier molecular flexibility index (Phi) is 3.05. The Morgan fingerprint density at radius 1 is 1.27 bits per heavy atom. The van der Waals surface area contributed by atoms with E-state index in [4.69, 9.17) is 9.83 Å². The van der Waals surface area contributed by atoms with Gasteiger partial charge in [-0.05, 0) is 58.0 Å². The summed E-state index contributed by atoms with van der Waals surface area (Å²) in [6, 6.07) is 11.1. The summed E-state index contributed by atoms with van der Waals surface area (Å²) in [4.78, 5) is 19.0. The summed E-state index contributed by atoms with van der Waals surface area (Å²) in [5.74, 6) is 0.183. The average molecular weight is 374 g/mol. The highest BCUT2D eigenvalue weighted by Crippen LogP contribution is 2.42. The number of rotatable bonds is 1. The number of hydrogen-bond donors (Lipinski definition) is 1. The van der Waals surface area contributed by atoms with Crippen molar-refractivity contribution in [3.05, 3.63) is 52.4 Å². The van der Waals surface area contributed by atoms with Crippen molar-refractivity contribution in [2.45, 2.75) is 4.90 Å². The molecule has 0 bridgehead atoms. The summed E-state index contributed by atoms with van der Waals surface area (Å²) < 4.78 is 5.95. The lowest BCUT2D eigenvalue weighted by molar-refractivity contribution is -0.113. The second-order valence-electron chi connectivity index (χ2n) is 4.65. The van der Waals surface area contributed by atoms with E-state index in [0.717, 1.165) is 10.6 Å². The Balaban J connectivity index is 1.81. The maximum atomic E-state index is 12.2. The second-order valence-corrected chi connectivity index (χ2v) is 6.44. The fourth-order valence-corrected chi connectivity index (χ4v) is 3.65. The van der Waals surface area contributed by atoms with Gasteiger partial charge in [0.25, 0.3) is 5.91 Å². The van der Waals surface area contributed by atoms with Crippen LogP contribution in [-0.2, 0) is 4.79 Å². The van der Waals surface area contributed by atoms with E-state index in [1.165, 1.54) is 11.8 Å². The zero-order valence-corrected chi connectivity index (χ0v) is 13.4. The highest BCUT2D eigenvalue weighted by atomic mass is 79.9. The molecule has 1 aromatic carbocycles. The van der Waals surface area contributed by atoms with E-state index < -0.39 is 5.91 Å². The minimum atomic E-state index is -0.427. The van der Waals surface area contributed by atoms with Crippen LogP contribution >= 0.6 is 27.7 Å².